The van der Waals surface area contributed by atoms with E-state index in [4.69, 9.17) is 32.3 Å². The molecule has 5 atom stereocenters. The summed E-state index contributed by atoms with van der Waals surface area (Å²) in [4.78, 5) is 58.8. The number of rotatable bonds is 84. The number of aliphatic hydroxyl groups is 2. The lowest BCUT2D eigenvalue weighted by atomic mass is 10.0. The van der Waals surface area contributed by atoms with E-state index in [2.05, 4.69) is 154 Å². The highest BCUT2D eigenvalue weighted by atomic mass is 31.2. The highest BCUT2D eigenvalue weighted by Gasteiger charge is 2.29. The summed E-state index contributed by atoms with van der Waals surface area (Å²) >= 11 is 0. The summed E-state index contributed by atoms with van der Waals surface area (Å²) in [5, 5.41) is 20.7. The highest BCUT2D eigenvalue weighted by molar-refractivity contribution is 7.47. The van der Waals surface area contributed by atoms with Gasteiger partial charge in [-0.2, -0.15) is 0 Å². The maximum atomic E-state index is 13.0. The smallest absolute Gasteiger partial charge is 0.463 e. The zero-order chi connectivity index (χ0) is 80.8. The van der Waals surface area contributed by atoms with Crippen molar-refractivity contribution in [2.75, 3.05) is 39.6 Å². The number of phosphoric acid groups is 2. The van der Waals surface area contributed by atoms with E-state index in [1.54, 1.807) is 0 Å². The minimum absolute atomic E-state index is 0.0872. The van der Waals surface area contributed by atoms with Gasteiger partial charge >= 0.3 is 33.6 Å². The molecule has 18 heteroatoms. The fourth-order valence-electron chi connectivity index (χ4n) is 12.1. The molecule has 111 heavy (non-hydrogen) atoms. The Morgan fingerprint density at radius 2 is 0.477 bits per heavy atom. The maximum Gasteiger partial charge on any atom is 0.472 e. The molecular formula is C93H162O16P2. The van der Waals surface area contributed by atoms with Crippen molar-refractivity contribution in [2.24, 2.45) is 0 Å². The van der Waals surface area contributed by atoms with Crippen LogP contribution >= 0.6 is 15.6 Å². The number of ether oxygens (including phenoxy) is 3. The molecule has 0 aliphatic heterocycles. The second kappa shape index (κ2) is 85.1. The molecule has 0 fully saturated rings. The van der Waals surface area contributed by atoms with Crippen LogP contribution in [0.4, 0.5) is 0 Å². The lowest BCUT2D eigenvalue weighted by molar-refractivity contribution is -0.161. The SMILES string of the molecule is CC/C=C\C/C=C\C/C=C\C/C=C\C/C=C\CCCCCCCCCCCCCCCCCCCC(=O)OCC(O)COP(=O)(O)OCC(O)COP(=O)(O)OCC(COC(=O)CCCCCCCCCCCCC/C=C\C/C=C\C/C=C\C/C=C\CCCCC)OC(=O)CCCCCCC/C=C\C/C=C\CCCCC. The third-order valence-corrected chi connectivity index (χ3v) is 20.7. The monoisotopic (exact) mass is 1600 g/mol. The lowest BCUT2D eigenvalue weighted by Gasteiger charge is -2.21. The Kier molecular flexibility index (Phi) is 81.8. The molecule has 0 aliphatic carbocycles. The molecule has 0 saturated heterocycles. The molecule has 0 amide bonds. The Labute approximate surface area is 677 Å². The topological polar surface area (TPSA) is 231 Å². The van der Waals surface area contributed by atoms with Crippen LogP contribution in [-0.2, 0) is 55.8 Å². The zero-order valence-electron chi connectivity index (χ0n) is 70.4. The van der Waals surface area contributed by atoms with Crippen LogP contribution in [0.3, 0.4) is 0 Å². The summed E-state index contributed by atoms with van der Waals surface area (Å²) in [6, 6.07) is 0. The molecule has 0 aromatic heterocycles. The minimum atomic E-state index is -4.94. The van der Waals surface area contributed by atoms with Gasteiger partial charge in [-0.3, -0.25) is 32.5 Å². The van der Waals surface area contributed by atoms with E-state index in [9.17, 15) is 43.5 Å². The van der Waals surface area contributed by atoms with Gasteiger partial charge in [0.2, 0.25) is 0 Å². The highest BCUT2D eigenvalue weighted by Crippen LogP contribution is 2.45. The van der Waals surface area contributed by atoms with E-state index >= 15 is 0 Å². The average molecular weight is 1600 g/mol. The largest absolute Gasteiger partial charge is 0.472 e. The van der Waals surface area contributed by atoms with Crippen molar-refractivity contribution in [1.82, 2.24) is 0 Å². The number of esters is 3. The molecule has 16 nitrogen and oxygen atoms in total. The number of allylic oxidation sites excluding steroid dienone is 22. The average Bonchev–Trinajstić information content (AvgIpc) is 0.902. The van der Waals surface area contributed by atoms with Crippen LogP contribution in [0.15, 0.2) is 134 Å². The Morgan fingerprint density at radius 1 is 0.261 bits per heavy atom. The third kappa shape index (κ3) is 86.4. The third-order valence-electron chi connectivity index (χ3n) is 18.8. The normalized spacial score (nSPS) is 14.5. The van der Waals surface area contributed by atoms with Crippen molar-refractivity contribution >= 4 is 33.6 Å². The van der Waals surface area contributed by atoms with E-state index in [-0.39, 0.29) is 19.3 Å². The van der Waals surface area contributed by atoms with Gasteiger partial charge in [-0.05, 0) is 141 Å². The van der Waals surface area contributed by atoms with Gasteiger partial charge in [0.15, 0.2) is 6.10 Å². The van der Waals surface area contributed by atoms with Crippen molar-refractivity contribution in [3.8, 4) is 0 Å². The fraction of sp³-hybridized carbons (Fsp3) is 0.731. The van der Waals surface area contributed by atoms with Crippen molar-refractivity contribution in [3.05, 3.63) is 134 Å². The molecule has 0 aliphatic rings. The molecule has 0 bridgehead atoms. The summed E-state index contributed by atoms with van der Waals surface area (Å²) in [7, 11) is -9.80. The molecule has 0 spiro atoms. The molecule has 0 saturated carbocycles. The van der Waals surface area contributed by atoms with Crippen LogP contribution in [0.5, 0.6) is 0 Å². The first kappa shape index (κ1) is 107. The molecule has 0 heterocycles. The zero-order valence-corrected chi connectivity index (χ0v) is 72.1. The van der Waals surface area contributed by atoms with Crippen LogP contribution in [0.2, 0.25) is 0 Å². The van der Waals surface area contributed by atoms with Gasteiger partial charge in [-0.15, -0.1) is 0 Å². The molecule has 0 aromatic rings. The van der Waals surface area contributed by atoms with Gasteiger partial charge < -0.3 is 34.2 Å². The Morgan fingerprint density at radius 3 is 0.757 bits per heavy atom. The summed E-state index contributed by atoms with van der Waals surface area (Å²) in [6.07, 6.45) is 105. The van der Waals surface area contributed by atoms with Crippen molar-refractivity contribution in [3.63, 3.8) is 0 Å². The number of hydrogen-bond acceptors (Lipinski definition) is 14. The lowest BCUT2D eigenvalue weighted by Crippen LogP contribution is -2.30. The predicted molar refractivity (Wildman–Crippen MR) is 463 cm³/mol. The number of phosphoric ester groups is 2. The predicted octanol–water partition coefficient (Wildman–Crippen LogP) is 27.0. The van der Waals surface area contributed by atoms with Crippen LogP contribution in [0.25, 0.3) is 0 Å². The molecule has 5 unspecified atom stereocenters. The van der Waals surface area contributed by atoms with Gasteiger partial charge in [-0.25, -0.2) is 9.13 Å². The van der Waals surface area contributed by atoms with Crippen molar-refractivity contribution in [2.45, 2.75) is 399 Å². The van der Waals surface area contributed by atoms with Gasteiger partial charge in [0, 0.05) is 19.3 Å². The van der Waals surface area contributed by atoms with E-state index in [1.807, 2.05) is 0 Å². The van der Waals surface area contributed by atoms with E-state index in [0.717, 1.165) is 148 Å². The van der Waals surface area contributed by atoms with Crippen LogP contribution in [0.1, 0.15) is 380 Å². The van der Waals surface area contributed by atoms with Gasteiger partial charge in [0.25, 0.3) is 0 Å². The molecular weight excluding hydrogens is 1430 g/mol. The second-order valence-corrected chi connectivity index (χ2v) is 32.6. The summed E-state index contributed by atoms with van der Waals surface area (Å²) in [6.45, 7) is 2.54. The first-order valence-electron chi connectivity index (χ1n) is 44.5. The Balaban J connectivity index is 4.46. The van der Waals surface area contributed by atoms with Crippen LogP contribution < -0.4 is 0 Å². The summed E-state index contributed by atoms with van der Waals surface area (Å²) < 4.78 is 61.3. The van der Waals surface area contributed by atoms with Crippen LogP contribution in [0, 0.1) is 0 Å². The quantitative estimate of drug-likeness (QED) is 0.0146. The molecule has 4 N–H and O–H groups in total. The first-order chi connectivity index (χ1) is 54.2. The van der Waals surface area contributed by atoms with Crippen molar-refractivity contribution < 1.29 is 75.8 Å². The summed E-state index contributed by atoms with van der Waals surface area (Å²) in [5.74, 6) is -1.58. The van der Waals surface area contributed by atoms with Gasteiger partial charge in [-0.1, -0.05) is 353 Å². The van der Waals surface area contributed by atoms with E-state index in [1.165, 1.54) is 173 Å². The fourth-order valence-corrected chi connectivity index (χ4v) is 13.7. The minimum Gasteiger partial charge on any atom is -0.463 e. The van der Waals surface area contributed by atoms with E-state index in [0.29, 0.717) is 19.3 Å². The van der Waals surface area contributed by atoms with Crippen molar-refractivity contribution in [1.29, 1.82) is 0 Å². The molecule has 640 valence electrons. The second-order valence-electron chi connectivity index (χ2n) is 29.7. The number of carbonyl (C=O) groups is 3. The number of hydrogen-bond donors (Lipinski definition) is 4. The molecule has 0 aromatic carbocycles. The van der Waals surface area contributed by atoms with E-state index < -0.39 is 91.5 Å². The molecule has 0 rings (SSSR count). The number of unbranched alkanes of at least 4 members (excludes halogenated alkanes) is 39. The molecule has 0 radical (unpaired) electrons. The maximum absolute atomic E-state index is 13.0. The van der Waals surface area contributed by atoms with Crippen LogP contribution in [-0.4, -0.2) is 95.9 Å². The number of aliphatic hydroxyl groups excluding tert-OH is 2. The van der Waals surface area contributed by atoms with Gasteiger partial charge in [0.05, 0.1) is 26.4 Å². The first-order valence-corrected chi connectivity index (χ1v) is 47.5. The standard InChI is InChI=1S/C93H162O16P2/c1-4-7-10-13-16-19-22-25-28-30-32-34-36-38-40-41-42-43-44-45-47-49-50-52-54-56-59-61-64-67-70-73-76-79-91(96)103-82-88(94)83-105-110(99,100)106-84-89(95)85-107-111(101,102)108-87-90(109-93(98)81-78-75-72-69-66-63-58-27-24-21-18-15-12-9-6-3)86-104-92(97)80-77-74-71-68-65-62-60-57-55-53-51-48-46-39-37-35-33-31-29-26-23-20-17-14-11-8-5-2/h7,10,16-21,25-29,32-35,38-40,46,58,88-90,94-95H,4-6,8-9,11-15,22-24,30-31,36-37,41-45,47-57,59-87H2,1-3H3,(H,99,100)(H,101,102)/b10-7-,19-16-,20-17-,21-18-,28-25-,29-26-,34-32-,35-33-,40-38-,46-39-,58-27-. The Hall–Kier alpha value is -4.31. The van der Waals surface area contributed by atoms with Gasteiger partial charge in [0.1, 0.15) is 25.4 Å². The number of carbonyl (C=O) groups excluding carboxylic acids is 3. The summed E-state index contributed by atoms with van der Waals surface area (Å²) in [5.41, 5.74) is 0. The Bertz CT molecular complexity index is 2550.